The lowest BCUT2D eigenvalue weighted by atomic mass is 9.94. The minimum atomic E-state index is -0.238. The SMILES string of the molecule is CC1C(=O)[N+](C)(C)Oc2cc(C(=O)CCCN3CCN(c4ccccc4)CC3)ccc21. The summed E-state index contributed by atoms with van der Waals surface area (Å²) in [6.45, 7) is 6.91. The molecule has 1 fully saturated rings. The molecule has 6 nitrogen and oxygen atoms in total. The third-order valence-electron chi connectivity index (χ3n) is 6.40. The maximum absolute atomic E-state index is 12.8. The quantitative estimate of drug-likeness (QED) is 0.527. The van der Waals surface area contributed by atoms with Crippen molar-refractivity contribution in [2.45, 2.75) is 25.7 Å². The second-order valence-electron chi connectivity index (χ2n) is 8.95. The van der Waals surface area contributed by atoms with E-state index in [1.165, 1.54) is 5.69 Å². The molecule has 0 N–H and O–H groups in total. The minimum absolute atomic E-state index is 0.0129. The van der Waals surface area contributed by atoms with Crippen LogP contribution in [0.5, 0.6) is 5.75 Å². The number of carbonyl (C=O) groups excluding carboxylic acids is 2. The van der Waals surface area contributed by atoms with E-state index in [9.17, 15) is 9.59 Å². The van der Waals surface area contributed by atoms with Crippen molar-refractivity contribution >= 4 is 17.4 Å². The van der Waals surface area contributed by atoms with Crippen molar-refractivity contribution in [1.29, 1.82) is 0 Å². The van der Waals surface area contributed by atoms with Crippen molar-refractivity contribution < 1.29 is 19.1 Å². The van der Waals surface area contributed by atoms with Crippen LogP contribution in [0.2, 0.25) is 0 Å². The molecule has 1 amide bonds. The van der Waals surface area contributed by atoms with Gasteiger partial charge in [0.15, 0.2) is 11.5 Å². The fourth-order valence-corrected chi connectivity index (χ4v) is 4.51. The molecule has 6 heteroatoms. The normalized spacial score (nSPS) is 20.8. The van der Waals surface area contributed by atoms with Gasteiger partial charge >= 0.3 is 5.91 Å². The Hall–Kier alpha value is -2.70. The van der Waals surface area contributed by atoms with Crippen LogP contribution in [0.25, 0.3) is 0 Å². The van der Waals surface area contributed by atoms with E-state index in [1.54, 1.807) is 20.2 Å². The molecule has 2 aromatic rings. The number of anilines is 1. The maximum atomic E-state index is 12.8. The average molecular weight is 423 g/mol. The Morgan fingerprint density at radius 3 is 2.48 bits per heavy atom. The zero-order chi connectivity index (χ0) is 22.0. The second kappa shape index (κ2) is 8.81. The fraction of sp³-hybridized carbons (Fsp3) is 0.440. The van der Waals surface area contributed by atoms with Gasteiger partial charge in [-0.3, -0.25) is 9.69 Å². The summed E-state index contributed by atoms with van der Waals surface area (Å²) in [4.78, 5) is 35.9. The van der Waals surface area contributed by atoms with Crippen molar-refractivity contribution in [3.63, 3.8) is 0 Å². The highest BCUT2D eigenvalue weighted by Crippen LogP contribution is 2.36. The Morgan fingerprint density at radius 2 is 1.77 bits per heavy atom. The number of ketones is 1. The predicted octanol–water partition coefficient (Wildman–Crippen LogP) is 3.49. The van der Waals surface area contributed by atoms with Gasteiger partial charge in [0.1, 0.15) is 20.0 Å². The summed E-state index contributed by atoms with van der Waals surface area (Å²) >= 11 is 0. The Bertz CT molecular complexity index is 950. The summed E-state index contributed by atoms with van der Waals surface area (Å²) in [5.74, 6) is 0.542. The van der Waals surface area contributed by atoms with Crippen LogP contribution in [0.3, 0.4) is 0 Å². The molecular weight excluding hydrogens is 390 g/mol. The molecule has 164 valence electrons. The molecule has 0 bridgehead atoms. The van der Waals surface area contributed by atoms with Crippen molar-refractivity contribution in [1.82, 2.24) is 4.90 Å². The molecule has 2 aromatic carbocycles. The highest BCUT2D eigenvalue weighted by atomic mass is 16.7. The fourth-order valence-electron chi connectivity index (χ4n) is 4.51. The molecule has 2 aliphatic rings. The van der Waals surface area contributed by atoms with Crippen molar-refractivity contribution in [3.8, 4) is 5.75 Å². The average Bonchev–Trinajstić information content (AvgIpc) is 2.78. The van der Waals surface area contributed by atoms with Crippen LogP contribution in [0.4, 0.5) is 5.69 Å². The standard InChI is InChI=1S/C25H32N3O3/c1-19-22-12-11-20(18-24(22)31-28(2,3)25(19)30)23(29)10-7-13-26-14-16-27(17-15-26)21-8-5-4-6-9-21/h4-6,8-9,11-12,18-19H,7,10,13-17H2,1-3H3/q+1. The topological polar surface area (TPSA) is 49.9 Å². The van der Waals surface area contributed by atoms with E-state index < -0.39 is 0 Å². The van der Waals surface area contributed by atoms with E-state index in [2.05, 4.69) is 34.1 Å². The zero-order valence-electron chi connectivity index (χ0n) is 18.7. The van der Waals surface area contributed by atoms with E-state index in [0.717, 1.165) is 44.7 Å². The molecule has 0 aromatic heterocycles. The van der Waals surface area contributed by atoms with E-state index in [4.69, 9.17) is 4.84 Å². The Kier molecular flexibility index (Phi) is 6.12. The van der Waals surface area contributed by atoms with Gasteiger partial charge in [-0.15, -0.1) is 0 Å². The first-order valence-corrected chi connectivity index (χ1v) is 11.1. The smallest absolute Gasteiger partial charge is 0.361 e. The number of benzene rings is 2. The third kappa shape index (κ3) is 4.65. The van der Waals surface area contributed by atoms with Gasteiger partial charge in [-0.2, -0.15) is 0 Å². The van der Waals surface area contributed by atoms with E-state index in [-0.39, 0.29) is 22.3 Å². The van der Waals surface area contributed by atoms with Crippen LogP contribution in [-0.4, -0.2) is 68.1 Å². The number of hydroxylamine groups is 3. The summed E-state index contributed by atoms with van der Waals surface area (Å²) < 4.78 is -0.152. The highest BCUT2D eigenvalue weighted by Gasteiger charge is 2.42. The number of quaternary nitrogens is 1. The molecule has 0 saturated carbocycles. The maximum Gasteiger partial charge on any atom is 0.361 e. The first-order valence-electron chi connectivity index (χ1n) is 11.1. The minimum Gasteiger partial charge on any atom is -0.369 e. The molecule has 1 atom stereocenters. The van der Waals surface area contributed by atoms with Crippen molar-refractivity contribution in [2.24, 2.45) is 0 Å². The lowest BCUT2D eigenvalue weighted by Crippen LogP contribution is -2.53. The molecule has 1 saturated heterocycles. The first-order chi connectivity index (χ1) is 14.8. The molecular formula is C25H32N3O3+. The summed E-state index contributed by atoms with van der Waals surface area (Å²) in [6.07, 6.45) is 1.36. The Balaban J connectivity index is 1.28. The van der Waals surface area contributed by atoms with Gasteiger partial charge in [-0.1, -0.05) is 35.0 Å². The number of likely N-dealkylation sites (N-methyl/N-ethyl adjacent to an activating group) is 1. The number of rotatable bonds is 6. The first kappa shape index (κ1) is 21.5. The molecule has 2 heterocycles. The predicted molar refractivity (Wildman–Crippen MR) is 121 cm³/mol. The molecule has 0 spiro atoms. The summed E-state index contributed by atoms with van der Waals surface area (Å²) in [6, 6.07) is 16.0. The van der Waals surface area contributed by atoms with Crippen LogP contribution in [0.1, 0.15) is 41.6 Å². The molecule has 0 radical (unpaired) electrons. The molecule has 4 rings (SSSR count). The lowest BCUT2D eigenvalue weighted by molar-refractivity contribution is -0.984. The van der Waals surface area contributed by atoms with Gasteiger partial charge in [0.25, 0.3) is 0 Å². The Labute approximate surface area is 184 Å². The number of amides is 1. The van der Waals surface area contributed by atoms with Crippen LogP contribution in [-0.2, 0) is 4.79 Å². The summed E-state index contributed by atoms with van der Waals surface area (Å²) in [7, 11) is 3.46. The molecule has 2 aliphatic heterocycles. The number of para-hydroxylation sites is 1. The van der Waals surface area contributed by atoms with Crippen LogP contribution in [0.15, 0.2) is 48.5 Å². The highest BCUT2D eigenvalue weighted by molar-refractivity contribution is 5.96. The lowest BCUT2D eigenvalue weighted by Gasteiger charge is -2.36. The number of nitrogens with zero attached hydrogens (tertiary/aromatic N) is 3. The molecule has 0 aliphatic carbocycles. The van der Waals surface area contributed by atoms with Crippen LogP contribution < -0.4 is 9.74 Å². The largest absolute Gasteiger partial charge is 0.369 e. The van der Waals surface area contributed by atoms with Gasteiger partial charge in [0.2, 0.25) is 0 Å². The number of Topliss-reactive ketones (excluding diaryl/α,β-unsaturated/α-hetero) is 1. The van der Waals surface area contributed by atoms with E-state index >= 15 is 0 Å². The number of hydrogen-bond donors (Lipinski definition) is 0. The number of carbonyl (C=O) groups is 2. The van der Waals surface area contributed by atoms with Gasteiger partial charge in [-0.05, 0) is 38.1 Å². The number of fused-ring (bicyclic) bond motifs is 1. The van der Waals surface area contributed by atoms with Crippen molar-refractivity contribution in [2.75, 3.05) is 51.7 Å². The van der Waals surface area contributed by atoms with E-state index in [1.807, 2.05) is 25.1 Å². The van der Waals surface area contributed by atoms with Crippen molar-refractivity contribution in [3.05, 3.63) is 59.7 Å². The monoisotopic (exact) mass is 422 g/mol. The van der Waals surface area contributed by atoms with Gasteiger partial charge in [0, 0.05) is 49.4 Å². The van der Waals surface area contributed by atoms with Gasteiger partial charge < -0.3 is 9.74 Å². The van der Waals surface area contributed by atoms with Gasteiger partial charge in [-0.25, -0.2) is 4.79 Å². The number of hydrogen-bond acceptors (Lipinski definition) is 5. The van der Waals surface area contributed by atoms with Crippen LogP contribution >= 0.6 is 0 Å². The van der Waals surface area contributed by atoms with Crippen LogP contribution in [0, 0.1) is 0 Å². The summed E-state index contributed by atoms with van der Waals surface area (Å²) in [5.41, 5.74) is 2.80. The molecule has 31 heavy (non-hydrogen) atoms. The number of piperazine rings is 1. The third-order valence-corrected chi connectivity index (χ3v) is 6.40. The zero-order valence-corrected chi connectivity index (χ0v) is 18.7. The van der Waals surface area contributed by atoms with E-state index in [0.29, 0.717) is 17.7 Å². The summed E-state index contributed by atoms with van der Waals surface area (Å²) in [5, 5.41) is 0. The van der Waals surface area contributed by atoms with Gasteiger partial charge in [0.05, 0.1) is 0 Å². The molecule has 1 unspecified atom stereocenters. The Morgan fingerprint density at radius 1 is 1.06 bits per heavy atom. The second-order valence-corrected chi connectivity index (χ2v) is 8.95.